The molecule has 3 unspecified atom stereocenters. The first-order valence-electron chi connectivity index (χ1n) is 10.8. The van der Waals surface area contributed by atoms with E-state index in [0.29, 0.717) is 11.8 Å². The molecule has 2 aromatic rings. The average Bonchev–Trinajstić information content (AvgIpc) is 2.78. The minimum Gasteiger partial charge on any atom is -0.377 e. The lowest BCUT2D eigenvalue weighted by Gasteiger charge is -2.35. The maximum Gasteiger partial charge on any atom is 0.194 e. The fourth-order valence-corrected chi connectivity index (χ4v) is 4.70. The van der Waals surface area contributed by atoms with Crippen molar-refractivity contribution in [1.29, 1.82) is 0 Å². The Hall–Kier alpha value is -2.40. The van der Waals surface area contributed by atoms with Crippen molar-refractivity contribution in [2.75, 3.05) is 6.61 Å². The molecule has 2 aromatic carbocycles. The van der Waals surface area contributed by atoms with Crippen LogP contribution in [0.5, 0.6) is 0 Å². The highest BCUT2D eigenvalue weighted by Gasteiger charge is 2.29. The van der Waals surface area contributed by atoms with Crippen molar-refractivity contribution in [3.05, 3.63) is 77.4 Å². The summed E-state index contributed by atoms with van der Waals surface area (Å²) in [5.74, 6) is -3.81. The van der Waals surface area contributed by atoms with Crippen LogP contribution in [0.1, 0.15) is 44.6 Å². The average molecular weight is 430 g/mol. The third kappa shape index (κ3) is 4.77. The van der Waals surface area contributed by atoms with Crippen LogP contribution >= 0.6 is 0 Å². The van der Waals surface area contributed by atoms with Gasteiger partial charge in [-0.1, -0.05) is 30.4 Å². The summed E-state index contributed by atoms with van der Waals surface area (Å²) in [5, 5.41) is 0. The summed E-state index contributed by atoms with van der Waals surface area (Å²) in [5.41, 5.74) is 1.85. The molecule has 1 aliphatic carbocycles. The van der Waals surface area contributed by atoms with E-state index in [1.54, 1.807) is 6.07 Å². The fraction of sp³-hybridized carbons (Fsp3) is 0.385. The van der Waals surface area contributed by atoms with E-state index < -0.39 is 23.3 Å². The lowest BCUT2D eigenvalue weighted by molar-refractivity contribution is -0.0391. The van der Waals surface area contributed by atoms with Gasteiger partial charge in [0.1, 0.15) is 5.82 Å². The number of allylic oxidation sites excluding steroid dienone is 3. The van der Waals surface area contributed by atoms with Crippen LogP contribution < -0.4 is 0 Å². The molecule has 4 rings (SSSR count). The summed E-state index contributed by atoms with van der Waals surface area (Å²) in [4.78, 5) is 0. The first-order chi connectivity index (χ1) is 15.0. The lowest BCUT2D eigenvalue weighted by atomic mass is 9.80. The van der Waals surface area contributed by atoms with E-state index in [0.717, 1.165) is 62.0 Å². The summed E-state index contributed by atoms with van der Waals surface area (Å²) in [7, 11) is 0. The Balaban J connectivity index is 1.45. The smallest absolute Gasteiger partial charge is 0.194 e. The first kappa shape index (κ1) is 21.8. The molecule has 0 bridgehead atoms. The van der Waals surface area contributed by atoms with Gasteiger partial charge in [0.25, 0.3) is 0 Å². The number of rotatable bonds is 4. The van der Waals surface area contributed by atoms with E-state index in [1.165, 1.54) is 12.1 Å². The summed E-state index contributed by atoms with van der Waals surface area (Å²) in [6.07, 6.45) is 11.7. The maximum absolute atomic E-state index is 14.7. The highest BCUT2D eigenvalue weighted by atomic mass is 19.2. The van der Waals surface area contributed by atoms with Gasteiger partial charge in [0.05, 0.1) is 12.7 Å². The predicted octanol–water partition coefficient (Wildman–Crippen LogP) is 7.46. The second-order valence-electron chi connectivity index (χ2n) is 8.45. The van der Waals surface area contributed by atoms with Crippen molar-refractivity contribution >= 4 is 5.57 Å². The zero-order valence-corrected chi connectivity index (χ0v) is 17.5. The Morgan fingerprint density at radius 2 is 1.65 bits per heavy atom. The molecule has 0 amide bonds. The number of benzene rings is 2. The molecule has 5 heteroatoms. The third-order valence-corrected chi connectivity index (χ3v) is 6.42. The van der Waals surface area contributed by atoms with Crippen LogP contribution in [-0.4, -0.2) is 12.7 Å². The second kappa shape index (κ2) is 9.39. The third-order valence-electron chi connectivity index (χ3n) is 6.42. The largest absolute Gasteiger partial charge is 0.377 e. The van der Waals surface area contributed by atoms with Crippen LogP contribution in [0.15, 0.2) is 48.6 Å². The molecule has 1 fully saturated rings. The number of hydrogen-bond acceptors (Lipinski definition) is 1. The predicted molar refractivity (Wildman–Crippen MR) is 114 cm³/mol. The summed E-state index contributed by atoms with van der Waals surface area (Å²) in [6, 6.07) is 6.26. The van der Waals surface area contributed by atoms with Crippen molar-refractivity contribution < 1.29 is 22.3 Å². The molecule has 164 valence electrons. The quantitative estimate of drug-likeness (QED) is 0.278. The van der Waals surface area contributed by atoms with Gasteiger partial charge in [-0.3, -0.25) is 0 Å². The van der Waals surface area contributed by atoms with E-state index in [9.17, 15) is 17.6 Å². The SMILES string of the molecule is C/C=C/C1CCC(C2CC=C(c3ccc(-c4cc(F)c(F)c(F)c4)c(F)c3)CC2)OC1. The van der Waals surface area contributed by atoms with E-state index in [-0.39, 0.29) is 17.2 Å². The van der Waals surface area contributed by atoms with Crippen molar-refractivity contribution in [3.63, 3.8) is 0 Å². The summed E-state index contributed by atoms with van der Waals surface area (Å²) >= 11 is 0. The van der Waals surface area contributed by atoms with E-state index in [2.05, 4.69) is 18.2 Å². The molecular formula is C26H26F4O. The van der Waals surface area contributed by atoms with Gasteiger partial charge in [-0.25, -0.2) is 17.6 Å². The summed E-state index contributed by atoms with van der Waals surface area (Å²) in [6.45, 7) is 2.81. The van der Waals surface area contributed by atoms with Crippen LogP contribution in [-0.2, 0) is 4.74 Å². The molecule has 0 radical (unpaired) electrons. The van der Waals surface area contributed by atoms with Gasteiger partial charge in [0.15, 0.2) is 17.5 Å². The second-order valence-corrected chi connectivity index (χ2v) is 8.45. The van der Waals surface area contributed by atoms with Crippen molar-refractivity contribution in [1.82, 2.24) is 0 Å². The summed E-state index contributed by atoms with van der Waals surface area (Å²) < 4.78 is 61.1. The molecule has 1 aliphatic heterocycles. The Morgan fingerprint density at radius 1 is 0.903 bits per heavy atom. The number of hydrogen-bond donors (Lipinski definition) is 0. The Labute approximate surface area is 180 Å². The molecule has 0 spiro atoms. The van der Waals surface area contributed by atoms with Gasteiger partial charge in [0, 0.05) is 11.5 Å². The van der Waals surface area contributed by atoms with Gasteiger partial charge in [-0.15, -0.1) is 0 Å². The van der Waals surface area contributed by atoms with Crippen molar-refractivity contribution in [2.45, 2.75) is 45.1 Å². The molecule has 1 nitrogen and oxygen atoms in total. The van der Waals surface area contributed by atoms with Gasteiger partial charge < -0.3 is 4.74 Å². The minimum atomic E-state index is -1.55. The van der Waals surface area contributed by atoms with Crippen LogP contribution in [0.4, 0.5) is 17.6 Å². The standard InChI is InChI=1S/C26H26F4O/c1-2-3-16-4-11-25(31-15-16)18-7-5-17(6-8-18)19-9-10-21(22(27)12-19)20-13-23(28)26(30)24(29)14-20/h2-3,5,9-10,12-14,16,18,25H,4,6-8,11,15H2,1H3/b3-2+. The highest BCUT2D eigenvalue weighted by Crippen LogP contribution is 2.37. The number of halogens is 4. The van der Waals surface area contributed by atoms with Gasteiger partial charge in [-0.05, 0) is 79.8 Å². The molecule has 0 N–H and O–H groups in total. The van der Waals surface area contributed by atoms with E-state index >= 15 is 0 Å². The zero-order valence-electron chi connectivity index (χ0n) is 17.5. The van der Waals surface area contributed by atoms with Crippen LogP contribution in [0.3, 0.4) is 0 Å². The molecule has 0 aromatic heterocycles. The van der Waals surface area contributed by atoms with E-state index in [4.69, 9.17) is 4.74 Å². The van der Waals surface area contributed by atoms with Gasteiger partial charge in [-0.2, -0.15) is 0 Å². The Morgan fingerprint density at radius 3 is 2.23 bits per heavy atom. The van der Waals surface area contributed by atoms with Crippen molar-refractivity contribution in [3.8, 4) is 11.1 Å². The monoisotopic (exact) mass is 430 g/mol. The van der Waals surface area contributed by atoms with Gasteiger partial charge >= 0.3 is 0 Å². The molecule has 0 saturated carbocycles. The molecule has 1 saturated heterocycles. The molecule has 3 atom stereocenters. The molecular weight excluding hydrogens is 404 g/mol. The molecule has 2 aliphatic rings. The van der Waals surface area contributed by atoms with Crippen LogP contribution in [0.25, 0.3) is 16.7 Å². The minimum absolute atomic E-state index is 0.0243. The highest BCUT2D eigenvalue weighted by molar-refractivity contribution is 5.71. The van der Waals surface area contributed by atoms with Gasteiger partial charge in [0.2, 0.25) is 0 Å². The number of ether oxygens (including phenoxy) is 1. The topological polar surface area (TPSA) is 9.23 Å². The lowest BCUT2D eigenvalue weighted by Crippen LogP contribution is -2.32. The molecule has 1 heterocycles. The van der Waals surface area contributed by atoms with Crippen LogP contribution in [0, 0.1) is 35.1 Å². The molecule has 31 heavy (non-hydrogen) atoms. The first-order valence-corrected chi connectivity index (χ1v) is 10.8. The zero-order chi connectivity index (χ0) is 22.0. The van der Waals surface area contributed by atoms with E-state index in [1.807, 2.05) is 6.92 Å². The normalized spacial score (nSPS) is 24.4. The Kier molecular flexibility index (Phi) is 6.61. The Bertz CT molecular complexity index is 979. The fourth-order valence-electron chi connectivity index (χ4n) is 4.70. The van der Waals surface area contributed by atoms with Crippen LogP contribution in [0.2, 0.25) is 0 Å². The maximum atomic E-state index is 14.7. The van der Waals surface area contributed by atoms with Crippen molar-refractivity contribution in [2.24, 2.45) is 11.8 Å².